The maximum Gasteiger partial charge on any atom is 0.142 e. The van der Waals surface area contributed by atoms with Crippen molar-refractivity contribution in [3.8, 4) is 0 Å². The van der Waals surface area contributed by atoms with E-state index in [9.17, 15) is 4.39 Å². The van der Waals surface area contributed by atoms with Crippen LogP contribution in [-0.2, 0) is 0 Å². The number of fused-ring (bicyclic) bond motifs is 1. The van der Waals surface area contributed by atoms with Crippen LogP contribution in [0.4, 0.5) is 4.39 Å². The van der Waals surface area contributed by atoms with Crippen LogP contribution in [0.15, 0.2) is 29.3 Å². The molecule has 0 amide bonds. The molecule has 0 saturated heterocycles. The molecule has 0 unspecified atom stereocenters. The predicted molar refractivity (Wildman–Crippen MR) is 70.3 cm³/mol. The summed E-state index contributed by atoms with van der Waals surface area (Å²) >= 11 is 5.75. The van der Waals surface area contributed by atoms with E-state index in [1.165, 1.54) is 6.07 Å². The van der Waals surface area contributed by atoms with Crippen LogP contribution in [0.3, 0.4) is 0 Å². The Labute approximate surface area is 104 Å². The van der Waals surface area contributed by atoms with E-state index in [0.29, 0.717) is 5.84 Å². The van der Waals surface area contributed by atoms with Crippen LogP contribution >= 0.6 is 11.6 Å². The predicted octanol–water partition coefficient (Wildman–Crippen LogP) is 3.28. The highest BCUT2D eigenvalue weighted by Gasteiger charge is 2.07. The maximum absolute atomic E-state index is 13.4. The van der Waals surface area contributed by atoms with Crippen LogP contribution < -0.4 is 5.73 Å². The summed E-state index contributed by atoms with van der Waals surface area (Å²) in [4.78, 5) is 3.94. The largest absolute Gasteiger partial charge is 0.384 e. The molecule has 0 aliphatic carbocycles. The average molecular weight is 251 g/mol. The summed E-state index contributed by atoms with van der Waals surface area (Å²) in [7, 11) is 1.63. The first-order valence-electron chi connectivity index (χ1n) is 5.15. The number of hydrogen-bond acceptors (Lipinski definition) is 1. The van der Waals surface area contributed by atoms with E-state index in [-0.39, 0.29) is 5.02 Å². The fourth-order valence-corrected chi connectivity index (χ4v) is 1.98. The van der Waals surface area contributed by atoms with Crippen LogP contribution in [0.1, 0.15) is 11.1 Å². The number of benzene rings is 2. The Morgan fingerprint density at radius 1 is 1.24 bits per heavy atom. The average Bonchev–Trinajstić information content (AvgIpc) is 2.30. The van der Waals surface area contributed by atoms with Crippen molar-refractivity contribution >= 4 is 28.2 Å². The van der Waals surface area contributed by atoms with Gasteiger partial charge in [0.05, 0.1) is 5.02 Å². The standard InChI is InChI=1S/C13H12ClFN2/c1-7-3-8-5-11(14)12(15)6-9(8)4-10(7)13(16)17-2/h3-6H,1-2H3,(H2,16,17). The topological polar surface area (TPSA) is 38.4 Å². The molecule has 2 nitrogen and oxygen atoms in total. The number of halogens is 2. The molecule has 0 saturated carbocycles. The molecule has 0 aliphatic heterocycles. The molecule has 2 aromatic carbocycles. The van der Waals surface area contributed by atoms with Crippen molar-refractivity contribution in [2.75, 3.05) is 7.05 Å². The third-order valence-corrected chi connectivity index (χ3v) is 3.03. The van der Waals surface area contributed by atoms with Crippen LogP contribution in [0.25, 0.3) is 10.8 Å². The van der Waals surface area contributed by atoms with E-state index < -0.39 is 5.82 Å². The van der Waals surface area contributed by atoms with Crippen LogP contribution in [0.2, 0.25) is 5.02 Å². The lowest BCUT2D eigenvalue weighted by atomic mass is 10.0. The second-order valence-electron chi connectivity index (χ2n) is 3.89. The summed E-state index contributed by atoms with van der Waals surface area (Å²) in [5.41, 5.74) is 7.59. The summed E-state index contributed by atoms with van der Waals surface area (Å²) in [6, 6.07) is 6.77. The van der Waals surface area contributed by atoms with Crippen LogP contribution in [-0.4, -0.2) is 12.9 Å². The van der Waals surface area contributed by atoms with Crippen molar-refractivity contribution in [1.82, 2.24) is 0 Å². The highest BCUT2D eigenvalue weighted by atomic mass is 35.5. The monoisotopic (exact) mass is 250 g/mol. The Kier molecular flexibility index (Phi) is 3.03. The smallest absolute Gasteiger partial charge is 0.142 e. The second kappa shape index (κ2) is 4.34. The molecule has 0 atom stereocenters. The van der Waals surface area contributed by atoms with Crippen molar-refractivity contribution in [2.24, 2.45) is 10.7 Å². The summed E-state index contributed by atoms with van der Waals surface area (Å²) < 4.78 is 13.4. The highest BCUT2D eigenvalue weighted by molar-refractivity contribution is 6.31. The maximum atomic E-state index is 13.4. The third kappa shape index (κ3) is 2.11. The molecule has 0 aliphatic rings. The SMILES string of the molecule is CN=C(N)c1cc2cc(F)c(Cl)cc2cc1C. The van der Waals surface area contributed by atoms with E-state index in [4.69, 9.17) is 17.3 Å². The highest BCUT2D eigenvalue weighted by Crippen LogP contribution is 2.25. The Balaban J connectivity index is 2.76. The lowest BCUT2D eigenvalue weighted by molar-refractivity contribution is 0.630. The van der Waals surface area contributed by atoms with Gasteiger partial charge in [-0.15, -0.1) is 0 Å². The molecule has 0 heterocycles. The second-order valence-corrected chi connectivity index (χ2v) is 4.30. The molecule has 2 aromatic rings. The summed E-state index contributed by atoms with van der Waals surface area (Å²) in [6.45, 7) is 1.93. The minimum Gasteiger partial charge on any atom is -0.384 e. The normalized spacial score (nSPS) is 12.1. The first kappa shape index (κ1) is 11.9. The lowest BCUT2D eigenvalue weighted by Gasteiger charge is -2.08. The summed E-state index contributed by atoms with van der Waals surface area (Å²) in [5.74, 6) is 0.0146. The number of rotatable bonds is 1. The Bertz CT molecular complexity index is 620. The van der Waals surface area contributed by atoms with E-state index in [1.807, 2.05) is 19.1 Å². The molecular weight excluding hydrogens is 239 g/mol. The van der Waals surface area contributed by atoms with E-state index in [0.717, 1.165) is 21.9 Å². The van der Waals surface area contributed by atoms with E-state index >= 15 is 0 Å². The number of aryl methyl sites for hydroxylation is 1. The van der Waals surface area contributed by atoms with Crippen molar-refractivity contribution in [2.45, 2.75) is 6.92 Å². The van der Waals surface area contributed by atoms with Crippen molar-refractivity contribution < 1.29 is 4.39 Å². The van der Waals surface area contributed by atoms with Crippen molar-refractivity contribution in [3.63, 3.8) is 0 Å². The van der Waals surface area contributed by atoms with Gasteiger partial charge in [-0.2, -0.15) is 0 Å². The van der Waals surface area contributed by atoms with Gasteiger partial charge < -0.3 is 5.73 Å². The third-order valence-electron chi connectivity index (χ3n) is 2.74. The zero-order valence-corrected chi connectivity index (χ0v) is 10.3. The molecule has 0 radical (unpaired) electrons. The number of aliphatic imine (C=N–C) groups is 1. The fraction of sp³-hybridized carbons (Fsp3) is 0.154. The molecule has 0 bridgehead atoms. The molecule has 88 valence electrons. The molecule has 2 rings (SSSR count). The minimum atomic E-state index is -0.430. The van der Waals surface area contributed by atoms with E-state index in [1.54, 1.807) is 13.1 Å². The van der Waals surface area contributed by atoms with Crippen molar-refractivity contribution in [3.05, 3.63) is 46.2 Å². The van der Waals surface area contributed by atoms with Gasteiger partial charge in [0, 0.05) is 12.6 Å². The van der Waals surface area contributed by atoms with Gasteiger partial charge in [-0.1, -0.05) is 17.7 Å². The lowest BCUT2D eigenvalue weighted by Crippen LogP contribution is -2.14. The molecule has 0 aromatic heterocycles. The Morgan fingerprint density at radius 3 is 2.53 bits per heavy atom. The zero-order chi connectivity index (χ0) is 12.6. The fourth-order valence-electron chi connectivity index (χ4n) is 1.80. The first-order valence-corrected chi connectivity index (χ1v) is 5.52. The summed E-state index contributed by atoms with van der Waals surface area (Å²) in [6.07, 6.45) is 0. The molecular formula is C13H12ClFN2. The number of hydrogen-bond donors (Lipinski definition) is 1. The van der Waals surface area contributed by atoms with Crippen LogP contribution in [0, 0.1) is 12.7 Å². The van der Waals surface area contributed by atoms with E-state index in [2.05, 4.69) is 4.99 Å². The van der Waals surface area contributed by atoms with Gasteiger partial charge in [-0.3, -0.25) is 4.99 Å². The molecule has 2 N–H and O–H groups in total. The van der Waals surface area contributed by atoms with Crippen molar-refractivity contribution in [1.29, 1.82) is 0 Å². The molecule has 17 heavy (non-hydrogen) atoms. The van der Waals surface area contributed by atoms with Gasteiger partial charge in [0.1, 0.15) is 11.7 Å². The number of nitrogens with two attached hydrogens (primary N) is 1. The zero-order valence-electron chi connectivity index (χ0n) is 9.59. The summed E-state index contributed by atoms with van der Waals surface area (Å²) in [5, 5.41) is 1.78. The molecule has 4 heteroatoms. The Hall–Kier alpha value is -1.61. The van der Waals surface area contributed by atoms with Gasteiger partial charge >= 0.3 is 0 Å². The first-order chi connectivity index (χ1) is 8.02. The minimum absolute atomic E-state index is 0.127. The van der Waals surface area contributed by atoms with Gasteiger partial charge in [0.25, 0.3) is 0 Å². The van der Waals surface area contributed by atoms with Gasteiger partial charge in [0.15, 0.2) is 0 Å². The Morgan fingerprint density at radius 2 is 1.88 bits per heavy atom. The number of amidine groups is 1. The molecule has 0 fully saturated rings. The quantitative estimate of drug-likeness (QED) is 0.612. The number of nitrogens with zero attached hydrogens (tertiary/aromatic N) is 1. The van der Waals surface area contributed by atoms with Gasteiger partial charge in [0.2, 0.25) is 0 Å². The molecule has 0 spiro atoms. The van der Waals surface area contributed by atoms with Gasteiger partial charge in [-0.25, -0.2) is 4.39 Å². The van der Waals surface area contributed by atoms with Crippen LogP contribution in [0.5, 0.6) is 0 Å². The van der Waals surface area contributed by atoms with Gasteiger partial charge in [-0.05, 0) is 41.5 Å².